The first kappa shape index (κ1) is 52.9. The van der Waals surface area contributed by atoms with Crippen molar-refractivity contribution in [2.75, 3.05) is 26.4 Å². The van der Waals surface area contributed by atoms with Crippen LogP contribution in [0.15, 0.2) is 133 Å². The van der Waals surface area contributed by atoms with E-state index in [9.17, 15) is 28.8 Å². The molecular weight excluding hydrogens is 956 g/mol. The highest BCUT2D eigenvalue weighted by Gasteiger charge is 2.44. The van der Waals surface area contributed by atoms with Crippen molar-refractivity contribution >= 4 is 80.2 Å². The number of nitrogens with two attached hydrogens (primary N) is 3. The van der Waals surface area contributed by atoms with Crippen LogP contribution in [0.25, 0.3) is 21.5 Å². The van der Waals surface area contributed by atoms with E-state index in [2.05, 4.69) is 5.32 Å². The number of rotatable bonds is 14. The second-order valence-corrected chi connectivity index (χ2v) is 19.0. The number of halogens is 2. The Labute approximate surface area is 429 Å². The van der Waals surface area contributed by atoms with Crippen LogP contribution in [0.2, 0.25) is 10.0 Å². The number of fused-ring (bicyclic) bond motifs is 2. The lowest BCUT2D eigenvalue weighted by molar-refractivity contribution is -0.210. The minimum atomic E-state index is -1.04. The molecule has 2 heterocycles. The van der Waals surface area contributed by atoms with Crippen LogP contribution in [0.1, 0.15) is 68.0 Å². The van der Waals surface area contributed by atoms with E-state index < -0.39 is 47.8 Å². The molecule has 8 rings (SSSR count). The Morgan fingerprint density at radius 2 is 1.08 bits per heavy atom. The largest absolute Gasteiger partial charge is 0.368 e. The van der Waals surface area contributed by atoms with Crippen molar-refractivity contribution in [3.05, 3.63) is 166 Å². The van der Waals surface area contributed by atoms with Gasteiger partial charge in [-0.3, -0.25) is 33.6 Å². The Morgan fingerprint density at radius 3 is 1.56 bits per heavy atom. The van der Waals surface area contributed by atoms with Gasteiger partial charge in [-0.1, -0.05) is 132 Å². The van der Waals surface area contributed by atoms with Crippen LogP contribution in [0.5, 0.6) is 0 Å². The van der Waals surface area contributed by atoms with Crippen molar-refractivity contribution in [2.45, 2.75) is 82.7 Å². The van der Waals surface area contributed by atoms with Crippen LogP contribution in [-0.4, -0.2) is 106 Å². The SMILES string of the molecule is CC(=O)NCC(=O)N1C(C)CCN(C(Cc2cccc3ccccc23)C(N)=O)C(=O)C1c1cccc(Cl)c1.CC1CCN(C(Cc2cccc3ccccc23)C(N)=O)C(=O)C(c2cccc(Cl)c2)N1OCN. The molecule has 2 aliphatic rings. The number of carbonyl (C=O) groups excluding carboxylic acids is 6. The van der Waals surface area contributed by atoms with Crippen molar-refractivity contribution in [3.8, 4) is 0 Å². The van der Waals surface area contributed by atoms with Crippen LogP contribution in [-0.2, 0) is 46.4 Å². The fraction of sp³-hybridized carbons (Fsp3) is 0.309. The van der Waals surface area contributed by atoms with Gasteiger partial charge in [-0.25, -0.2) is 0 Å². The van der Waals surface area contributed by atoms with Crippen molar-refractivity contribution in [2.24, 2.45) is 17.2 Å². The summed E-state index contributed by atoms with van der Waals surface area (Å²) < 4.78 is 0. The molecule has 6 unspecified atom stereocenters. The van der Waals surface area contributed by atoms with Crippen LogP contribution in [0.4, 0.5) is 0 Å². The van der Waals surface area contributed by atoms with Gasteiger partial charge in [-0.05, 0) is 94.8 Å². The van der Waals surface area contributed by atoms with E-state index in [-0.39, 0.29) is 50.1 Å². The Morgan fingerprint density at radius 1 is 0.639 bits per heavy atom. The standard InChI is InChI=1S/C29H31ClN4O4.C26H29ClN4O3/c1-18-13-14-33(25(28(31)37)16-21-9-5-8-20-7-3-4-12-24(20)21)29(38)27(22-10-6-11-23(30)15-22)34(18)26(36)17-32-19(2)35;1-17-12-13-30(26(33)24(31(17)34-16-28)20-9-5-10-21(27)14-20)23(25(29)32)15-19-8-4-7-18-6-2-3-11-22(18)19/h3-12,15,18,25,27H,13-14,16-17H2,1-2H3,(H2,31,37)(H,32,35);2-11,14,17,23-24H,12-13,15-16,28H2,1H3,(H2,29,32). The second kappa shape index (κ2) is 24.0. The first-order valence-corrected chi connectivity index (χ1v) is 24.6. The quantitative estimate of drug-likeness (QED) is 0.0862. The molecule has 0 spiro atoms. The molecule has 7 N–H and O–H groups in total. The number of carbonyl (C=O) groups is 6. The molecule has 6 aromatic carbocycles. The molecule has 2 aliphatic heterocycles. The van der Waals surface area contributed by atoms with Crippen molar-refractivity contribution in [3.63, 3.8) is 0 Å². The Hall–Kier alpha value is -6.88. The van der Waals surface area contributed by atoms with Crippen molar-refractivity contribution < 1.29 is 33.6 Å². The minimum Gasteiger partial charge on any atom is -0.368 e. The lowest BCUT2D eigenvalue weighted by Crippen LogP contribution is -2.53. The number of amides is 6. The molecule has 2 saturated heterocycles. The zero-order valence-electron chi connectivity index (χ0n) is 40.5. The number of benzene rings is 6. The van der Waals surface area contributed by atoms with E-state index in [1.165, 1.54) is 16.7 Å². The van der Waals surface area contributed by atoms with Gasteiger partial charge >= 0.3 is 0 Å². The van der Waals surface area contributed by atoms with Crippen LogP contribution in [0.3, 0.4) is 0 Å². The predicted octanol–water partition coefficient (Wildman–Crippen LogP) is 6.62. The van der Waals surface area contributed by atoms with Crippen molar-refractivity contribution in [1.82, 2.24) is 25.1 Å². The molecule has 17 heteroatoms. The highest BCUT2D eigenvalue weighted by Crippen LogP contribution is 2.35. The molecule has 6 amide bonds. The molecule has 2 fully saturated rings. The predicted molar refractivity (Wildman–Crippen MR) is 279 cm³/mol. The van der Waals surface area contributed by atoms with E-state index in [4.69, 9.17) is 45.2 Å². The summed E-state index contributed by atoms with van der Waals surface area (Å²) in [7, 11) is 0. The fourth-order valence-electron chi connectivity index (χ4n) is 9.81. The monoisotopic (exact) mass is 1010 g/mol. The zero-order chi connectivity index (χ0) is 51.6. The summed E-state index contributed by atoms with van der Waals surface area (Å²) in [4.78, 5) is 89.0. The van der Waals surface area contributed by atoms with E-state index in [0.29, 0.717) is 47.0 Å². The Kier molecular flexibility index (Phi) is 17.7. The second-order valence-electron chi connectivity index (χ2n) is 18.1. The Balaban J connectivity index is 0.000000213. The van der Waals surface area contributed by atoms with Crippen LogP contribution in [0, 0.1) is 0 Å². The summed E-state index contributed by atoms with van der Waals surface area (Å²) >= 11 is 12.5. The number of nitrogens with one attached hydrogen (secondary N) is 1. The zero-order valence-corrected chi connectivity index (χ0v) is 42.0. The maximum atomic E-state index is 14.2. The Bertz CT molecular complexity index is 2950. The average molecular weight is 1020 g/mol. The number of hydroxylamine groups is 2. The summed E-state index contributed by atoms with van der Waals surface area (Å²) in [5.41, 5.74) is 20.5. The van der Waals surface area contributed by atoms with Crippen LogP contribution >= 0.6 is 23.2 Å². The maximum absolute atomic E-state index is 14.2. The molecule has 0 bridgehead atoms. The van der Waals surface area contributed by atoms with E-state index >= 15 is 0 Å². The maximum Gasteiger partial charge on any atom is 0.250 e. The summed E-state index contributed by atoms with van der Waals surface area (Å²) in [5.74, 6) is -2.62. The summed E-state index contributed by atoms with van der Waals surface area (Å²) in [5, 5.41) is 9.17. The van der Waals surface area contributed by atoms with E-state index in [1.54, 1.807) is 52.4 Å². The smallest absolute Gasteiger partial charge is 0.250 e. The van der Waals surface area contributed by atoms with E-state index in [1.807, 2.05) is 105 Å². The minimum absolute atomic E-state index is 0.0794. The average Bonchev–Trinajstić information content (AvgIpc) is 3.56. The van der Waals surface area contributed by atoms with Gasteiger partial charge in [0.05, 0.1) is 6.54 Å². The molecule has 72 heavy (non-hydrogen) atoms. The van der Waals surface area contributed by atoms with Gasteiger partial charge in [0.1, 0.15) is 30.9 Å². The molecule has 0 aromatic heterocycles. The van der Waals surface area contributed by atoms with Crippen molar-refractivity contribution in [1.29, 1.82) is 0 Å². The molecule has 6 aromatic rings. The van der Waals surface area contributed by atoms with Gasteiger partial charge in [0.25, 0.3) is 5.91 Å². The van der Waals surface area contributed by atoms with Gasteiger partial charge in [-0.15, -0.1) is 0 Å². The van der Waals surface area contributed by atoms with Gasteiger partial charge < -0.3 is 37.2 Å². The third-order valence-corrected chi connectivity index (χ3v) is 13.8. The molecule has 15 nitrogen and oxygen atoms in total. The van der Waals surface area contributed by atoms with E-state index in [0.717, 1.165) is 32.7 Å². The van der Waals surface area contributed by atoms with Gasteiger partial charge in [0.2, 0.25) is 29.5 Å². The third-order valence-electron chi connectivity index (χ3n) is 13.4. The number of nitrogens with zero attached hydrogens (tertiary/aromatic N) is 4. The molecule has 0 saturated carbocycles. The molecule has 0 radical (unpaired) electrons. The number of primary amides is 2. The van der Waals surface area contributed by atoms with Gasteiger partial charge in [0.15, 0.2) is 0 Å². The number of hydrogen-bond acceptors (Lipinski definition) is 9. The van der Waals surface area contributed by atoms with Crippen LogP contribution < -0.4 is 22.5 Å². The molecule has 6 atom stereocenters. The lowest BCUT2D eigenvalue weighted by atomic mass is 9.96. The first-order valence-electron chi connectivity index (χ1n) is 23.9. The molecule has 0 aliphatic carbocycles. The van der Waals surface area contributed by atoms with Gasteiger partial charge in [0, 0.05) is 55.0 Å². The fourth-order valence-corrected chi connectivity index (χ4v) is 10.2. The third kappa shape index (κ3) is 12.2. The topological polar surface area (TPSA) is 215 Å². The molecular formula is C55H60Cl2N8O7. The lowest BCUT2D eigenvalue weighted by Gasteiger charge is -2.36. The highest BCUT2D eigenvalue weighted by atomic mass is 35.5. The summed E-state index contributed by atoms with van der Waals surface area (Å²) in [6.45, 7) is 5.41. The highest BCUT2D eigenvalue weighted by molar-refractivity contribution is 6.31. The van der Waals surface area contributed by atoms with Gasteiger partial charge in [-0.2, -0.15) is 5.06 Å². The number of hydrogen-bond donors (Lipinski definition) is 4. The normalized spacial score (nSPS) is 19.4. The molecule has 376 valence electrons. The summed E-state index contributed by atoms with van der Waals surface area (Å²) in [6.07, 6.45) is 1.56. The first-order chi connectivity index (χ1) is 34.6. The summed E-state index contributed by atoms with van der Waals surface area (Å²) in [6, 6.07) is 37.4.